The summed E-state index contributed by atoms with van der Waals surface area (Å²) in [5.74, 6) is 0.0202. The molecular formula is C25H23NO. The van der Waals surface area contributed by atoms with Crippen LogP contribution < -0.4 is 5.32 Å². The topological polar surface area (TPSA) is 29.1 Å². The zero-order valence-electron chi connectivity index (χ0n) is 15.7. The Morgan fingerprint density at radius 1 is 0.889 bits per heavy atom. The third-order valence-corrected chi connectivity index (χ3v) is 4.95. The van der Waals surface area contributed by atoms with Gasteiger partial charge in [-0.1, -0.05) is 72.8 Å². The summed E-state index contributed by atoms with van der Waals surface area (Å²) in [6.45, 7) is 4.34. The molecule has 134 valence electrons. The SMILES string of the molecule is CC1(C)Cc2ccc(-c3ccccc3)cc2C(=CC(=O)c2ccccc2)N1. The lowest BCUT2D eigenvalue weighted by Crippen LogP contribution is -2.43. The molecule has 0 amide bonds. The van der Waals surface area contributed by atoms with E-state index in [1.165, 1.54) is 11.1 Å². The van der Waals surface area contributed by atoms with Gasteiger partial charge in [0, 0.05) is 28.4 Å². The Labute approximate surface area is 160 Å². The number of hydrogen-bond acceptors (Lipinski definition) is 2. The van der Waals surface area contributed by atoms with Crippen LogP contribution in [0.15, 0.2) is 84.9 Å². The van der Waals surface area contributed by atoms with Gasteiger partial charge in [0.05, 0.1) is 0 Å². The number of carbonyl (C=O) groups excluding carboxylic acids is 1. The van der Waals surface area contributed by atoms with E-state index < -0.39 is 0 Å². The molecule has 0 bridgehead atoms. The van der Waals surface area contributed by atoms with E-state index in [0.717, 1.165) is 23.2 Å². The second kappa shape index (κ2) is 6.88. The zero-order valence-corrected chi connectivity index (χ0v) is 15.7. The number of fused-ring (bicyclic) bond motifs is 1. The van der Waals surface area contributed by atoms with E-state index >= 15 is 0 Å². The largest absolute Gasteiger partial charge is 0.379 e. The lowest BCUT2D eigenvalue weighted by Gasteiger charge is -2.36. The third-order valence-electron chi connectivity index (χ3n) is 4.95. The molecule has 1 aliphatic heterocycles. The van der Waals surface area contributed by atoms with Crippen molar-refractivity contribution in [1.82, 2.24) is 5.32 Å². The van der Waals surface area contributed by atoms with Gasteiger partial charge in [0.25, 0.3) is 0 Å². The van der Waals surface area contributed by atoms with E-state index in [-0.39, 0.29) is 11.3 Å². The third kappa shape index (κ3) is 3.70. The number of benzene rings is 3. The normalized spacial score (nSPS) is 16.4. The Hall–Kier alpha value is -3.13. The fourth-order valence-corrected chi connectivity index (χ4v) is 3.67. The van der Waals surface area contributed by atoms with Crippen molar-refractivity contribution < 1.29 is 4.79 Å². The number of nitrogens with one attached hydrogen (secondary N) is 1. The smallest absolute Gasteiger partial charge is 0.187 e. The van der Waals surface area contributed by atoms with Crippen LogP contribution in [-0.4, -0.2) is 11.3 Å². The molecule has 0 radical (unpaired) electrons. The van der Waals surface area contributed by atoms with Crippen LogP contribution in [0.2, 0.25) is 0 Å². The summed E-state index contributed by atoms with van der Waals surface area (Å²) in [5, 5.41) is 3.57. The number of ketones is 1. The Morgan fingerprint density at radius 2 is 1.56 bits per heavy atom. The Bertz CT molecular complexity index is 1000. The molecule has 0 saturated heterocycles. The average Bonchev–Trinajstić information content (AvgIpc) is 2.68. The predicted octanol–water partition coefficient (Wildman–Crippen LogP) is 5.50. The molecule has 0 unspecified atom stereocenters. The van der Waals surface area contributed by atoms with Gasteiger partial charge >= 0.3 is 0 Å². The van der Waals surface area contributed by atoms with Crippen LogP contribution in [0, 0.1) is 0 Å². The number of carbonyl (C=O) groups is 1. The summed E-state index contributed by atoms with van der Waals surface area (Å²) < 4.78 is 0. The summed E-state index contributed by atoms with van der Waals surface area (Å²) in [4.78, 5) is 12.8. The van der Waals surface area contributed by atoms with Crippen molar-refractivity contribution in [2.24, 2.45) is 0 Å². The van der Waals surface area contributed by atoms with Gasteiger partial charge < -0.3 is 5.32 Å². The fourth-order valence-electron chi connectivity index (χ4n) is 3.67. The highest BCUT2D eigenvalue weighted by Gasteiger charge is 2.28. The highest BCUT2D eigenvalue weighted by Crippen LogP contribution is 2.33. The van der Waals surface area contributed by atoms with Gasteiger partial charge in [-0.25, -0.2) is 0 Å². The van der Waals surface area contributed by atoms with Crippen LogP contribution in [0.5, 0.6) is 0 Å². The van der Waals surface area contributed by atoms with Crippen LogP contribution in [0.25, 0.3) is 16.8 Å². The molecule has 0 spiro atoms. The second-order valence-electron chi connectivity index (χ2n) is 7.71. The maximum absolute atomic E-state index is 12.8. The molecule has 0 aromatic heterocycles. The van der Waals surface area contributed by atoms with E-state index in [1.807, 2.05) is 48.5 Å². The molecule has 2 heteroatoms. The molecule has 4 rings (SSSR count). The van der Waals surface area contributed by atoms with Gasteiger partial charge in [0.2, 0.25) is 0 Å². The van der Waals surface area contributed by atoms with Gasteiger partial charge in [0.1, 0.15) is 0 Å². The molecule has 0 fully saturated rings. The molecule has 1 heterocycles. The molecular weight excluding hydrogens is 330 g/mol. The number of rotatable bonds is 3. The minimum absolute atomic E-state index is 0.0202. The minimum Gasteiger partial charge on any atom is -0.379 e. The standard InChI is InChI=1S/C25H23NO/c1-25(2)17-21-14-13-20(18-9-5-3-6-10-18)15-22(21)23(26-25)16-24(27)19-11-7-4-8-12-19/h3-16,26H,17H2,1-2H3. The van der Waals surface area contributed by atoms with Crippen LogP contribution in [0.4, 0.5) is 0 Å². The summed E-state index contributed by atoms with van der Waals surface area (Å²) >= 11 is 0. The molecule has 0 saturated carbocycles. The highest BCUT2D eigenvalue weighted by molar-refractivity contribution is 6.08. The number of allylic oxidation sites excluding steroid dienone is 1. The maximum atomic E-state index is 12.8. The van der Waals surface area contributed by atoms with Crippen molar-refractivity contribution in [3.63, 3.8) is 0 Å². The molecule has 3 aromatic carbocycles. The molecule has 0 aliphatic carbocycles. The molecule has 1 aliphatic rings. The van der Waals surface area contributed by atoms with Crippen molar-refractivity contribution in [2.45, 2.75) is 25.8 Å². The fraction of sp³-hybridized carbons (Fsp3) is 0.160. The van der Waals surface area contributed by atoms with Gasteiger partial charge in [-0.15, -0.1) is 0 Å². The summed E-state index contributed by atoms with van der Waals surface area (Å²) in [6, 6.07) is 26.3. The summed E-state index contributed by atoms with van der Waals surface area (Å²) in [6.07, 6.45) is 2.66. The quantitative estimate of drug-likeness (QED) is 0.497. The van der Waals surface area contributed by atoms with Crippen LogP contribution in [-0.2, 0) is 6.42 Å². The molecule has 2 nitrogen and oxygen atoms in total. The Kier molecular flexibility index (Phi) is 4.41. The molecule has 3 aromatic rings. The number of hydrogen-bond donors (Lipinski definition) is 1. The van der Waals surface area contributed by atoms with E-state index in [1.54, 1.807) is 6.08 Å². The first-order valence-electron chi connectivity index (χ1n) is 9.30. The van der Waals surface area contributed by atoms with Crippen molar-refractivity contribution in [2.75, 3.05) is 0 Å². The van der Waals surface area contributed by atoms with Crippen molar-refractivity contribution in [1.29, 1.82) is 0 Å². The van der Waals surface area contributed by atoms with Crippen LogP contribution >= 0.6 is 0 Å². The van der Waals surface area contributed by atoms with E-state index in [9.17, 15) is 4.79 Å². The Morgan fingerprint density at radius 3 is 2.26 bits per heavy atom. The zero-order chi connectivity index (χ0) is 18.9. The summed E-state index contributed by atoms with van der Waals surface area (Å²) in [7, 11) is 0. The van der Waals surface area contributed by atoms with E-state index in [4.69, 9.17) is 0 Å². The monoisotopic (exact) mass is 353 g/mol. The van der Waals surface area contributed by atoms with Crippen molar-refractivity contribution in [3.05, 3.63) is 102 Å². The highest BCUT2D eigenvalue weighted by atomic mass is 16.1. The molecule has 27 heavy (non-hydrogen) atoms. The predicted molar refractivity (Wildman–Crippen MR) is 112 cm³/mol. The maximum Gasteiger partial charge on any atom is 0.187 e. The Balaban J connectivity index is 1.79. The lowest BCUT2D eigenvalue weighted by molar-refractivity contribution is 0.104. The van der Waals surface area contributed by atoms with Gasteiger partial charge in [-0.3, -0.25) is 4.79 Å². The van der Waals surface area contributed by atoms with Crippen molar-refractivity contribution >= 4 is 11.5 Å². The first-order chi connectivity index (χ1) is 13.0. The lowest BCUT2D eigenvalue weighted by atomic mass is 9.84. The summed E-state index contributed by atoms with van der Waals surface area (Å²) in [5.41, 5.74) is 6.23. The minimum atomic E-state index is -0.0932. The average molecular weight is 353 g/mol. The van der Waals surface area contributed by atoms with Gasteiger partial charge in [-0.2, -0.15) is 0 Å². The molecule has 0 atom stereocenters. The van der Waals surface area contributed by atoms with E-state index in [2.05, 4.69) is 49.5 Å². The van der Waals surface area contributed by atoms with Crippen LogP contribution in [0.1, 0.15) is 35.3 Å². The first kappa shape index (κ1) is 17.3. The van der Waals surface area contributed by atoms with E-state index in [0.29, 0.717) is 5.56 Å². The first-order valence-corrected chi connectivity index (χ1v) is 9.30. The van der Waals surface area contributed by atoms with Gasteiger partial charge in [-0.05, 0) is 43.0 Å². The van der Waals surface area contributed by atoms with Crippen molar-refractivity contribution in [3.8, 4) is 11.1 Å². The molecule has 1 N–H and O–H groups in total. The second-order valence-corrected chi connectivity index (χ2v) is 7.71. The van der Waals surface area contributed by atoms with Crippen LogP contribution in [0.3, 0.4) is 0 Å². The van der Waals surface area contributed by atoms with Gasteiger partial charge in [0.15, 0.2) is 5.78 Å².